The van der Waals surface area contributed by atoms with Crippen LogP contribution in [-0.2, 0) is 9.53 Å². The number of pyridine rings is 1. The van der Waals surface area contributed by atoms with E-state index in [0.717, 1.165) is 87.3 Å². The van der Waals surface area contributed by atoms with Crippen molar-refractivity contribution >= 4 is 23.1 Å². The molecule has 2 atom stereocenters. The lowest BCUT2D eigenvalue weighted by Gasteiger charge is -2.43. The van der Waals surface area contributed by atoms with Crippen molar-refractivity contribution in [1.29, 1.82) is 0 Å². The van der Waals surface area contributed by atoms with Crippen molar-refractivity contribution < 1.29 is 14.3 Å². The molecule has 0 bridgehead atoms. The lowest BCUT2D eigenvalue weighted by molar-refractivity contribution is -0.125. The number of morpholine rings is 1. The zero-order valence-corrected chi connectivity index (χ0v) is 21.2. The second-order valence-corrected chi connectivity index (χ2v) is 10.4. The van der Waals surface area contributed by atoms with E-state index in [0.29, 0.717) is 12.0 Å². The molecule has 1 N–H and O–H groups in total. The molecular formula is C28H35N5O3. The molecule has 1 aromatic carbocycles. The average Bonchev–Trinajstić information content (AvgIpc) is 3.29. The van der Waals surface area contributed by atoms with Crippen LogP contribution in [-0.4, -0.2) is 79.2 Å². The molecule has 36 heavy (non-hydrogen) atoms. The Hall–Kier alpha value is -3.10. The number of hydrogen-bond acceptors (Lipinski definition) is 7. The Morgan fingerprint density at radius 3 is 2.78 bits per heavy atom. The summed E-state index contributed by atoms with van der Waals surface area (Å²) in [6.45, 7) is 14.8. The van der Waals surface area contributed by atoms with Gasteiger partial charge in [0, 0.05) is 63.1 Å². The molecule has 4 aliphatic heterocycles. The van der Waals surface area contributed by atoms with Crippen LogP contribution in [0.2, 0.25) is 0 Å². The fourth-order valence-electron chi connectivity index (χ4n) is 6.08. The van der Waals surface area contributed by atoms with Gasteiger partial charge in [-0.3, -0.25) is 9.69 Å². The largest absolute Gasteiger partial charge is 0.483 e. The van der Waals surface area contributed by atoms with E-state index in [9.17, 15) is 4.79 Å². The number of carbonyl (C=O) groups is 1. The van der Waals surface area contributed by atoms with Gasteiger partial charge in [-0.15, -0.1) is 0 Å². The Morgan fingerprint density at radius 2 is 2.00 bits per heavy atom. The molecule has 0 radical (unpaired) electrons. The van der Waals surface area contributed by atoms with Crippen molar-refractivity contribution in [1.82, 2.24) is 14.8 Å². The molecule has 8 nitrogen and oxygen atoms in total. The number of aryl methyl sites for hydroxylation is 1. The molecule has 3 fully saturated rings. The summed E-state index contributed by atoms with van der Waals surface area (Å²) in [5.74, 6) is 2.30. The maximum Gasteiger partial charge on any atom is 0.246 e. The number of aromatic nitrogens is 1. The van der Waals surface area contributed by atoms with E-state index >= 15 is 0 Å². The first-order chi connectivity index (χ1) is 17.5. The highest BCUT2D eigenvalue weighted by Gasteiger charge is 2.38. The highest BCUT2D eigenvalue weighted by molar-refractivity contribution is 5.87. The maximum absolute atomic E-state index is 12.0. The van der Waals surface area contributed by atoms with Crippen molar-refractivity contribution in [2.45, 2.75) is 38.3 Å². The highest BCUT2D eigenvalue weighted by atomic mass is 16.5. The standard InChI is InChI=1S/C28H35N5O3/c1-4-25(34)32-8-6-22(17-32)33-15-21(16-33)20-13-18(2)27-23(14-20)30-28-26(19(3)36-27)24(5-7-29-28)31-9-11-35-12-10-31/h4-5,7,13-14,19,21-22H,1,6,8-12,15-17H2,2-3H3,(H,29,30)/t19-,22+/m1/s1. The quantitative estimate of drug-likeness (QED) is 0.658. The fourth-order valence-corrected chi connectivity index (χ4v) is 6.08. The zero-order chi connectivity index (χ0) is 24.8. The minimum Gasteiger partial charge on any atom is -0.483 e. The number of benzene rings is 1. The van der Waals surface area contributed by atoms with Crippen molar-refractivity contribution in [2.75, 3.05) is 62.7 Å². The molecule has 8 heteroatoms. The number of carbonyl (C=O) groups excluding carboxylic acids is 1. The Kier molecular flexibility index (Phi) is 6.09. The number of likely N-dealkylation sites (tertiary alicyclic amines) is 2. The van der Waals surface area contributed by atoms with Crippen LogP contribution in [0.15, 0.2) is 37.1 Å². The van der Waals surface area contributed by atoms with Crippen molar-refractivity contribution in [3.63, 3.8) is 0 Å². The van der Waals surface area contributed by atoms with E-state index in [1.165, 1.54) is 17.3 Å². The first-order valence-corrected chi connectivity index (χ1v) is 13.1. The monoisotopic (exact) mass is 489 g/mol. The molecule has 190 valence electrons. The Labute approximate surface area is 212 Å². The molecule has 0 spiro atoms. The minimum absolute atomic E-state index is 0.0434. The molecule has 2 aromatic rings. The number of rotatable bonds is 4. The summed E-state index contributed by atoms with van der Waals surface area (Å²) in [6.07, 6.45) is 4.23. The third kappa shape index (κ3) is 4.12. The van der Waals surface area contributed by atoms with E-state index in [4.69, 9.17) is 14.5 Å². The molecule has 6 rings (SSSR count). The second kappa shape index (κ2) is 9.41. The van der Waals surface area contributed by atoms with Crippen LogP contribution in [0.5, 0.6) is 5.75 Å². The van der Waals surface area contributed by atoms with Crippen molar-refractivity contribution in [2.24, 2.45) is 0 Å². The van der Waals surface area contributed by atoms with Crippen molar-refractivity contribution in [3.8, 4) is 5.75 Å². The van der Waals surface area contributed by atoms with Gasteiger partial charge in [0.25, 0.3) is 0 Å². The molecule has 0 saturated carbocycles. The van der Waals surface area contributed by atoms with E-state index in [-0.39, 0.29) is 12.0 Å². The second-order valence-electron chi connectivity index (χ2n) is 10.4. The summed E-state index contributed by atoms with van der Waals surface area (Å²) < 4.78 is 12.1. The molecule has 0 aliphatic carbocycles. The van der Waals surface area contributed by atoms with Gasteiger partial charge >= 0.3 is 0 Å². The molecule has 1 amide bonds. The number of nitrogens with one attached hydrogen (secondary N) is 1. The Morgan fingerprint density at radius 1 is 1.19 bits per heavy atom. The highest BCUT2D eigenvalue weighted by Crippen LogP contribution is 2.45. The van der Waals surface area contributed by atoms with Gasteiger partial charge in [-0.05, 0) is 49.6 Å². The Balaban J connectivity index is 1.21. The van der Waals surface area contributed by atoms with Gasteiger partial charge < -0.3 is 24.6 Å². The fraction of sp³-hybridized carbons (Fsp3) is 0.500. The summed E-state index contributed by atoms with van der Waals surface area (Å²) in [7, 11) is 0. The zero-order valence-electron chi connectivity index (χ0n) is 21.2. The lowest BCUT2D eigenvalue weighted by atomic mass is 9.88. The third-order valence-corrected chi connectivity index (χ3v) is 8.12. The van der Waals surface area contributed by atoms with Crippen LogP contribution < -0.4 is 15.0 Å². The Bertz CT molecular complexity index is 1170. The van der Waals surface area contributed by atoms with Crippen molar-refractivity contribution in [3.05, 3.63) is 53.7 Å². The van der Waals surface area contributed by atoms with Gasteiger partial charge in [0.05, 0.1) is 24.5 Å². The number of hydrogen-bond donors (Lipinski definition) is 1. The van der Waals surface area contributed by atoms with Gasteiger partial charge in [-0.25, -0.2) is 4.98 Å². The number of nitrogens with zero attached hydrogens (tertiary/aromatic N) is 4. The summed E-state index contributed by atoms with van der Waals surface area (Å²) in [5, 5.41) is 3.63. The summed E-state index contributed by atoms with van der Waals surface area (Å²) in [5.41, 5.74) is 5.74. The van der Waals surface area contributed by atoms with Crippen LogP contribution in [0.4, 0.5) is 17.2 Å². The first kappa shape index (κ1) is 23.3. The number of amides is 1. The SMILES string of the molecule is C=CC(=O)N1CC[C@H](N2CC(c3cc(C)c4c(c3)Nc3nccc(N5CCOCC5)c3[C@@H](C)O4)C2)C1. The first-order valence-electron chi connectivity index (χ1n) is 13.1. The molecule has 1 aromatic heterocycles. The smallest absolute Gasteiger partial charge is 0.246 e. The van der Waals surface area contributed by atoms with Crippen LogP contribution in [0.3, 0.4) is 0 Å². The van der Waals surface area contributed by atoms with E-state index in [1.807, 2.05) is 11.1 Å². The predicted molar refractivity (Wildman–Crippen MR) is 140 cm³/mol. The van der Waals surface area contributed by atoms with Gasteiger partial charge in [0.2, 0.25) is 5.91 Å². The minimum atomic E-state index is -0.118. The van der Waals surface area contributed by atoms with Crippen LogP contribution in [0.25, 0.3) is 0 Å². The topological polar surface area (TPSA) is 70.2 Å². The summed E-state index contributed by atoms with van der Waals surface area (Å²) >= 11 is 0. The third-order valence-electron chi connectivity index (χ3n) is 8.12. The molecule has 3 saturated heterocycles. The molecular weight excluding hydrogens is 454 g/mol. The van der Waals surface area contributed by atoms with Gasteiger partial charge in [-0.1, -0.05) is 12.6 Å². The van der Waals surface area contributed by atoms with E-state index in [2.05, 4.69) is 53.7 Å². The number of ether oxygens (including phenoxy) is 2. The molecule has 4 aliphatic rings. The average molecular weight is 490 g/mol. The molecule has 5 heterocycles. The lowest BCUT2D eigenvalue weighted by Crippen LogP contribution is -2.51. The maximum atomic E-state index is 12.0. The van der Waals surface area contributed by atoms with Crippen LogP contribution in [0, 0.1) is 6.92 Å². The van der Waals surface area contributed by atoms with E-state index in [1.54, 1.807) is 0 Å². The normalized spacial score (nSPS) is 24.2. The van der Waals surface area contributed by atoms with E-state index < -0.39 is 0 Å². The van der Waals surface area contributed by atoms with Gasteiger partial charge in [-0.2, -0.15) is 0 Å². The predicted octanol–water partition coefficient (Wildman–Crippen LogP) is 3.61. The molecule has 0 unspecified atom stereocenters. The summed E-state index contributed by atoms with van der Waals surface area (Å²) in [6, 6.07) is 7.07. The van der Waals surface area contributed by atoms with Crippen LogP contribution >= 0.6 is 0 Å². The van der Waals surface area contributed by atoms with Gasteiger partial charge in [0.1, 0.15) is 17.7 Å². The van der Waals surface area contributed by atoms with Crippen LogP contribution in [0.1, 0.15) is 42.1 Å². The van der Waals surface area contributed by atoms with Gasteiger partial charge in [0.15, 0.2) is 0 Å². The summed E-state index contributed by atoms with van der Waals surface area (Å²) in [4.78, 5) is 23.5. The number of anilines is 3. The number of fused-ring (bicyclic) bond motifs is 2.